The van der Waals surface area contributed by atoms with Crippen molar-refractivity contribution in [3.8, 4) is 0 Å². The molecule has 7 heteroatoms. The highest BCUT2D eigenvalue weighted by atomic mass is 32.2. The van der Waals surface area contributed by atoms with E-state index >= 15 is 0 Å². The molecule has 20 heavy (non-hydrogen) atoms. The Labute approximate surface area is 121 Å². The van der Waals surface area contributed by atoms with Crippen LogP contribution >= 0.6 is 0 Å². The molecule has 0 heterocycles. The van der Waals surface area contributed by atoms with Gasteiger partial charge < -0.3 is 9.16 Å². The number of rotatable bonds is 5. The third kappa shape index (κ3) is 6.72. The minimum Gasteiger partial charge on any atom is -0.505 e. The fraction of sp³-hybridized carbons (Fsp3) is 0.462. The van der Waals surface area contributed by atoms with Gasteiger partial charge >= 0.3 is 6.08 Å². The zero-order valence-electron chi connectivity index (χ0n) is 12.3. The number of benzene rings is 1. The van der Waals surface area contributed by atoms with Crippen molar-refractivity contribution < 1.29 is 17.6 Å². The minimum absolute atomic E-state index is 0.150. The van der Waals surface area contributed by atoms with Gasteiger partial charge in [-0.3, -0.25) is 0 Å². The SMILES string of the molecule is CCO/C(=N/S(=O)(=O)Cc1ccccc1)O[Si](C)(C)C. The summed E-state index contributed by atoms with van der Waals surface area (Å²) in [4.78, 5) is 0. The second-order valence-corrected chi connectivity index (χ2v) is 11.3. The lowest BCUT2D eigenvalue weighted by molar-refractivity contribution is 0.250. The summed E-state index contributed by atoms with van der Waals surface area (Å²) in [6.07, 6.45) is -0.150. The zero-order chi connectivity index (χ0) is 15.2. The molecule has 0 spiro atoms. The highest BCUT2D eigenvalue weighted by molar-refractivity contribution is 7.89. The van der Waals surface area contributed by atoms with Crippen molar-refractivity contribution in [2.45, 2.75) is 32.3 Å². The van der Waals surface area contributed by atoms with E-state index in [1.165, 1.54) is 0 Å². The average molecular weight is 315 g/mol. The van der Waals surface area contributed by atoms with Crippen LogP contribution in [0, 0.1) is 0 Å². The van der Waals surface area contributed by atoms with Crippen LogP contribution in [0.2, 0.25) is 19.6 Å². The van der Waals surface area contributed by atoms with E-state index in [0.29, 0.717) is 12.2 Å². The van der Waals surface area contributed by atoms with E-state index in [-0.39, 0.29) is 11.8 Å². The monoisotopic (exact) mass is 315 g/mol. The van der Waals surface area contributed by atoms with Crippen LogP contribution in [0.5, 0.6) is 0 Å². The Balaban J connectivity index is 2.91. The predicted octanol–water partition coefficient (Wildman–Crippen LogP) is 2.76. The summed E-state index contributed by atoms with van der Waals surface area (Å²) in [7, 11) is -5.64. The molecule has 112 valence electrons. The Morgan fingerprint density at radius 2 is 1.80 bits per heavy atom. The van der Waals surface area contributed by atoms with Crippen LogP contribution in [-0.2, 0) is 24.9 Å². The summed E-state index contributed by atoms with van der Waals surface area (Å²) < 4.78 is 38.5. The molecule has 0 saturated heterocycles. The van der Waals surface area contributed by atoms with Crippen LogP contribution in [-0.4, -0.2) is 29.4 Å². The third-order valence-electron chi connectivity index (χ3n) is 2.07. The van der Waals surface area contributed by atoms with Gasteiger partial charge in [0.15, 0.2) is 0 Å². The van der Waals surface area contributed by atoms with E-state index < -0.39 is 18.3 Å². The van der Waals surface area contributed by atoms with Crippen molar-refractivity contribution in [1.82, 2.24) is 0 Å². The van der Waals surface area contributed by atoms with Crippen molar-refractivity contribution >= 4 is 24.4 Å². The molecule has 5 nitrogen and oxygen atoms in total. The average Bonchev–Trinajstić information content (AvgIpc) is 2.26. The Bertz CT molecular complexity index is 549. The number of sulfonamides is 1. The van der Waals surface area contributed by atoms with E-state index in [9.17, 15) is 8.42 Å². The topological polar surface area (TPSA) is 65.0 Å². The first-order chi connectivity index (χ1) is 9.22. The van der Waals surface area contributed by atoms with Crippen molar-refractivity contribution in [2.75, 3.05) is 6.61 Å². The van der Waals surface area contributed by atoms with Gasteiger partial charge in [-0.05, 0) is 32.1 Å². The van der Waals surface area contributed by atoms with Gasteiger partial charge in [0, 0.05) is 0 Å². The van der Waals surface area contributed by atoms with Gasteiger partial charge in [-0.25, -0.2) is 8.42 Å². The first-order valence-electron chi connectivity index (χ1n) is 6.40. The molecule has 0 saturated carbocycles. The number of hydrogen-bond acceptors (Lipinski definition) is 4. The molecule has 0 radical (unpaired) electrons. The molecule has 0 aromatic heterocycles. The lowest BCUT2D eigenvalue weighted by atomic mass is 10.2. The molecule has 0 amide bonds. The van der Waals surface area contributed by atoms with Gasteiger partial charge in [-0.2, -0.15) is 0 Å². The molecule has 0 aliphatic rings. The molecule has 1 aromatic carbocycles. The first kappa shape index (κ1) is 16.7. The zero-order valence-corrected chi connectivity index (χ0v) is 14.1. The van der Waals surface area contributed by atoms with Gasteiger partial charge in [0.2, 0.25) is 8.32 Å². The standard InChI is InChI=1S/C13H21NO4SSi/c1-5-17-13(18-20(2,3)4)14-19(15,16)11-12-9-7-6-8-10-12/h6-10H,5,11H2,1-4H3/b14-13-. The summed E-state index contributed by atoms with van der Waals surface area (Å²) in [6, 6.07) is 8.89. The number of nitrogens with zero attached hydrogens (tertiary/aromatic N) is 1. The Morgan fingerprint density at radius 3 is 2.30 bits per heavy atom. The quantitative estimate of drug-likeness (QED) is 0.476. The molecule has 1 rings (SSSR count). The van der Waals surface area contributed by atoms with Crippen LogP contribution in [0.1, 0.15) is 12.5 Å². The Hall–Kier alpha value is -1.34. The van der Waals surface area contributed by atoms with Crippen LogP contribution in [0.15, 0.2) is 34.7 Å². The van der Waals surface area contributed by atoms with Gasteiger partial charge in [-0.1, -0.05) is 34.7 Å². The van der Waals surface area contributed by atoms with Crippen LogP contribution < -0.4 is 0 Å². The second kappa shape index (κ2) is 6.89. The Kier molecular flexibility index (Phi) is 5.76. The van der Waals surface area contributed by atoms with Crippen LogP contribution in [0.25, 0.3) is 0 Å². The lowest BCUT2D eigenvalue weighted by Crippen LogP contribution is -2.31. The fourth-order valence-electron chi connectivity index (χ4n) is 1.39. The molecule has 0 unspecified atom stereocenters. The van der Waals surface area contributed by atoms with Gasteiger partial charge in [-0.15, -0.1) is 0 Å². The summed E-state index contributed by atoms with van der Waals surface area (Å²) >= 11 is 0. The van der Waals surface area contributed by atoms with E-state index in [0.717, 1.165) is 0 Å². The van der Waals surface area contributed by atoms with Crippen molar-refractivity contribution in [3.63, 3.8) is 0 Å². The maximum atomic E-state index is 12.0. The lowest BCUT2D eigenvalue weighted by Gasteiger charge is -2.19. The van der Waals surface area contributed by atoms with E-state index in [1.54, 1.807) is 31.2 Å². The van der Waals surface area contributed by atoms with E-state index in [2.05, 4.69) is 4.40 Å². The number of hydrogen-bond donors (Lipinski definition) is 0. The third-order valence-corrected chi connectivity index (χ3v) is 3.98. The summed E-state index contributed by atoms with van der Waals surface area (Å²) in [5.41, 5.74) is 0.681. The normalized spacial score (nSPS) is 13.1. The van der Waals surface area contributed by atoms with Crippen molar-refractivity contribution in [3.05, 3.63) is 35.9 Å². The fourth-order valence-corrected chi connectivity index (χ4v) is 3.08. The van der Waals surface area contributed by atoms with Crippen LogP contribution in [0.4, 0.5) is 0 Å². The smallest absolute Gasteiger partial charge is 0.385 e. The van der Waals surface area contributed by atoms with E-state index in [1.807, 2.05) is 25.7 Å². The first-order valence-corrected chi connectivity index (χ1v) is 11.4. The highest BCUT2D eigenvalue weighted by Gasteiger charge is 2.22. The van der Waals surface area contributed by atoms with Gasteiger partial charge in [0.1, 0.15) is 0 Å². The molecule has 0 atom stereocenters. The van der Waals surface area contributed by atoms with Gasteiger partial charge in [0.05, 0.1) is 12.4 Å². The Morgan fingerprint density at radius 1 is 1.20 bits per heavy atom. The molecule has 0 bridgehead atoms. The largest absolute Gasteiger partial charge is 0.505 e. The number of ether oxygens (including phenoxy) is 1. The molecule has 1 aromatic rings. The van der Waals surface area contributed by atoms with Gasteiger partial charge in [0.25, 0.3) is 10.0 Å². The summed E-state index contributed by atoms with van der Waals surface area (Å²) in [6.45, 7) is 7.87. The molecule has 0 N–H and O–H groups in total. The van der Waals surface area contributed by atoms with E-state index in [4.69, 9.17) is 9.16 Å². The summed E-state index contributed by atoms with van der Waals surface area (Å²) in [5.74, 6) is -0.167. The highest BCUT2D eigenvalue weighted by Crippen LogP contribution is 2.10. The molecule has 0 aliphatic carbocycles. The molecule has 0 aliphatic heterocycles. The predicted molar refractivity (Wildman–Crippen MR) is 82.6 cm³/mol. The second-order valence-electron chi connectivity index (χ2n) is 5.22. The molecular weight excluding hydrogens is 294 g/mol. The maximum absolute atomic E-state index is 12.0. The maximum Gasteiger partial charge on any atom is 0.385 e. The molecular formula is C13H21NO4SSi. The summed E-state index contributed by atoms with van der Waals surface area (Å²) in [5, 5.41) is 0. The van der Waals surface area contributed by atoms with Crippen molar-refractivity contribution in [2.24, 2.45) is 4.40 Å². The van der Waals surface area contributed by atoms with Crippen molar-refractivity contribution in [1.29, 1.82) is 0 Å². The molecule has 0 fully saturated rings. The minimum atomic E-state index is -3.67. The van der Waals surface area contributed by atoms with Crippen LogP contribution in [0.3, 0.4) is 0 Å².